The molecule has 1 fully saturated rings. The van der Waals surface area contributed by atoms with Gasteiger partial charge in [0, 0.05) is 42.5 Å². The van der Waals surface area contributed by atoms with Gasteiger partial charge in [0.05, 0.1) is 6.04 Å². The van der Waals surface area contributed by atoms with Gasteiger partial charge in [-0.3, -0.25) is 9.59 Å². The number of carbonyl (C=O) groups is 1. The lowest BCUT2D eigenvalue weighted by Gasteiger charge is -2.45. The highest BCUT2D eigenvalue weighted by molar-refractivity contribution is 5.94. The second-order valence-corrected chi connectivity index (χ2v) is 7.17. The second-order valence-electron chi connectivity index (χ2n) is 7.17. The number of hydrogen-bond acceptors (Lipinski definition) is 4. The number of fused-ring (bicyclic) bond motifs is 1. The summed E-state index contributed by atoms with van der Waals surface area (Å²) in [6.07, 6.45) is 5.12. The number of amides is 1. The van der Waals surface area contributed by atoms with E-state index in [1.54, 1.807) is 17.9 Å². The lowest BCUT2D eigenvalue weighted by atomic mass is 9.80. The smallest absolute Gasteiger partial charge is 0.290 e. The van der Waals surface area contributed by atoms with Gasteiger partial charge in [0.2, 0.25) is 5.91 Å². The highest BCUT2D eigenvalue weighted by Crippen LogP contribution is 2.49. The molecule has 1 saturated carbocycles. The van der Waals surface area contributed by atoms with E-state index in [0.29, 0.717) is 17.2 Å². The zero-order valence-corrected chi connectivity index (χ0v) is 14.7. The number of H-pyrrole nitrogens is 1. The van der Waals surface area contributed by atoms with Crippen LogP contribution in [0.25, 0.3) is 0 Å². The molecule has 26 heavy (non-hydrogen) atoms. The first-order chi connectivity index (χ1) is 12.5. The molecule has 2 aliphatic rings. The van der Waals surface area contributed by atoms with Crippen molar-refractivity contribution >= 4 is 17.4 Å². The van der Waals surface area contributed by atoms with Gasteiger partial charge >= 0.3 is 0 Å². The third-order valence-electron chi connectivity index (χ3n) is 5.39. The van der Waals surface area contributed by atoms with E-state index in [4.69, 9.17) is 0 Å². The van der Waals surface area contributed by atoms with E-state index < -0.39 is 0 Å². The van der Waals surface area contributed by atoms with Gasteiger partial charge < -0.3 is 15.2 Å². The Morgan fingerprint density at radius 3 is 2.81 bits per heavy atom. The number of carbonyl (C=O) groups excluding carboxylic acids is 1. The van der Waals surface area contributed by atoms with Gasteiger partial charge in [0.1, 0.15) is 5.82 Å². The highest BCUT2D eigenvalue weighted by Gasteiger charge is 2.47. The van der Waals surface area contributed by atoms with E-state index >= 15 is 0 Å². The molecular formula is C19H21FN4O2. The van der Waals surface area contributed by atoms with E-state index in [0.717, 1.165) is 12.8 Å². The third-order valence-corrected chi connectivity index (χ3v) is 5.39. The highest BCUT2D eigenvalue weighted by atomic mass is 19.1. The molecule has 2 N–H and O–H groups in total. The molecule has 3 atom stereocenters. The molecule has 2 heterocycles. The predicted octanol–water partition coefficient (Wildman–Crippen LogP) is 2.84. The molecule has 0 radical (unpaired) electrons. The summed E-state index contributed by atoms with van der Waals surface area (Å²) in [6, 6.07) is 4.19. The molecule has 1 aliphatic heterocycles. The molecule has 1 aromatic carbocycles. The van der Waals surface area contributed by atoms with Crippen LogP contribution >= 0.6 is 0 Å². The Morgan fingerprint density at radius 2 is 2.15 bits per heavy atom. The summed E-state index contributed by atoms with van der Waals surface area (Å²) in [5.41, 5.74) is 1.06. The Labute approximate surface area is 150 Å². The van der Waals surface area contributed by atoms with E-state index in [2.05, 4.69) is 15.3 Å². The molecule has 6 nitrogen and oxygen atoms in total. The average molecular weight is 356 g/mol. The molecular weight excluding hydrogens is 335 g/mol. The molecule has 0 unspecified atom stereocenters. The van der Waals surface area contributed by atoms with Crippen molar-refractivity contribution in [2.75, 3.05) is 10.2 Å². The van der Waals surface area contributed by atoms with Crippen LogP contribution < -0.4 is 15.8 Å². The molecule has 2 aromatic rings. The van der Waals surface area contributed by atoms with E-state index in [9.17, 15) is 14.0 Å². The normalized spacial score (nSPS) is 24.9. The molecule has 136 valence electrons. The maximum Gasteiger partial charge on any atom is 0.290 e. The Kier molecular flexibility index (Phi) is 4.01. The van der Waals surface area contributed by atoms with E-state index in [1.807, 2.05) is 6.92 Å². The monoisotopic (exact) mass is 356 g/mol. The molecule has 0 spiro atoms. The fourth-order valence-electron chi connectivity index (χ4n) is 4.14. The average Bonchev–Trinajstić information content (AvgIpc) is 3.43. The SMILES string of the molecule is CC(=O)N1c2ccc(F)cc2[C@H](Nc2ncc[nH]c2=O)[C@@H](C)[C@@H]1C1CC1. The lowest BCUT2D eigenvalue weighted by Crippen LogP contribution is -2.51. The topological polar surface area (TPSA) is 78.1 Å². The Hall–Kier alpha value is -2.70. The minimum Gasteiger partial charge on any atom is -0.358 e. The Bertz CT molecular complexity index is 908. The van der Waals surface area contributed by atoms with E-state index in [1.165, 1.54) is 24.5 Å². The quantitative estimate of drug-likeness (QED) is 0.886. The first kappa shape index (κ1) is 16.8. The Balaban J connectivity index is 1.83. The van der Waals surface area contributed by atoms with Crippen LogP contribution in [0, 0.1) is 17.7 Å². The third kappa shape index (κ3) is 2.77. The standard InChI is InChI=1S/C19H21FN4O2/c1-10-16(23-18-19(26)22-8-7-21-18)14-9-13(20)5-6-15(14)24(11(2)25)17(10)12-3-4-12/h5-10,12,16-17H,3-4H2,1-2H3,(H,21,23)(H,22,26)/t10-,16-,17-/m1/s1. The number of benzene rings is 1. The summed E-state index contributed by atoms with van der Waals surface area (Å²) in [7, 11) is 0. The van der Waals surface area contributed by atoms with Gasteiger partial charge in [-0.2, -0.15) is 0 Å². The summed E-state index contributed by atoms with van der Waals surface area (Å²) in [6.45, 7) is 3.59. The van der Waals surface area contributed by atoms with Crippen LogP contribution in [0.3, 0.4) is 0 Å². The van der Waals surface area contributed by atoms with Crippen molar-refractivity contribution in [3.05, 3.63) is 52.3 Å². The second kappa shape index (κ2) is 6.23. The van der Waals surface area contributed by atoms with Gasteiger partial charge in [-0.05, 0) is 37.0 Å². The summed E-state index contributed by atoms with van der Waals surface area (Å²) in [5.74, 6) is 0.215. The molecule has 1 aromatic heterocycles. The minimum atomic E-state index is -0.369. The molecule has 0 bridgehead atoms. The fourth-order valence-corrected chi connectivity index (χ4v) is 4.14. The first-order valence-electron chi connectivity index (χ1n) is 8.87. The van der Waals surface area contributed by atoms with Crippen molar-refractivity contribution in [3.63, 3.8) is 0 Å². The number of aromatic nitrogens is 2. The van der Waals surface area contributed by atoms with Crippen LogP contribution in [-0.2, 0) is 4.79 Å². The number of nitrogens with zero attached hydrogens (tertiary/aromatic N) is 2. The van der Waals surface area contributed by atoms with Crippen molar-refractivity contribution in [1.82, 2.24) is 9.97 Å². The van der Waals surface area contributed by atoms with Gasteiger partial charge in [-0.1, -0.05) is 6.92 Å². The maximum atomic E-state index is 14.0. The molecule has 1 amide bonds. The Morgan fingerprint density at radius 1 is 1.38 bits per heavy atom. The fraction of sp³-hybridized carbons (Fsp3) is 0.421. The molecule has 1 aliphatic carbocycles. The van der Waals surface area contributed by atoms with Gasteiger partial charge in [0.15, 0.2) is 5.82 Å². The zero-order chi connectivity index (χ0) is 18.4. The van der Waals surface area contributed by atoms with Crippen molar-refractivity contribution in [1.29, 1.82) is 0 Å². The summed E-state index contributed by atoms with van der Waals surface area (Å²) < 4.78 is 14.0. The van der Waals surface area contributed by atoms with Crippen LogP contribution in [0.2, 0.25) is 0 Å². The maximum absolute atomic E-state index is 14.0. The predicted molar refractivity (Wildman–Crippen MR) is 96.5 cm³/mol. The first-order valence-corrected chi connectivity index (χ1v) is 8.87. The number of nitrogens with one attached hydrogen (secondary N) is 2. The van der Waals surface area contributed by atoms with E-state index in [-0.39, 0.29) is 41.1 Å². The van der Waals surface area contributed by atoms with Crippen molar-refractivity contribution in [2.45, 2.75) is 38.8 Å². The number of aromatic amines is 1. The lowest BCUT2D eigenvalue weighted by molar-refractivity contribution is -0.117. The number of anilines is 2. The van der Waals surface area contributed by atoms with Crippen molar-refractivity contribution in [2.24, 2.45) is 11.8 Å². The van der Waals surface area contributed by atoms with Crippen molar-refractivity contribution in [3.8, 4) is 0 Å². The molecule has 0 saturated heterocycles. The molecule has 7 heteroatoms. The number of rotatable bonds is 3. The van der Waals surface area contributed by atoms with Crippen molar-refractivity contribution < 1.29 is 9.18 Å². The van der Waals surface area contributed by atoms with Crippen LogP contribution in [0.5, 0.6) is 0 Å². The van der Waals surface area contributed by atoms with Crippen LogP contribution in [0.4, 0.5) is 15.9 Å². The summed E-state index contributed by atoms with van der Waals surface area (Å²) in [5, 5.41) is 3.19. The minimum absolute atomic E-state index is 0.00195. The van der Waals surface area contributed by atoms with Crippen LogP contribution in [-0.4, -0.2) is 21.9 Å². The van der Waals surface area contributed by atoms with Gasteiger partial charge in [-0.25, -0.2) is 9.37 Å². The largest absolute Gasteiger partial charge is 0.358 e. The summed E-state index contributed by atoms with van der Waals surface area (Å²) >= 11 is 0. The number of hydrogen-bond donors (Lipinski definition) is 2. The van der Waals surface area contributed by atoms with Gasteiger partial charge in [-0.15, -0.1) is 0 Å². The molecule has 4 rings (SSSR count). The van der Waals surface area contributed by atoms with Crippen LogP contribution in [0.1, 0.15) is 38.3 Å². The van der Waals surface area contributed by atoms with Crippen LogP contribution in [0.15, 0.2) is 35.4 Å². The number of halogens is 1. The summed E-state index contributed by atoms with van der Waals surface area (Å²) in [4.78, 5) is 33.0. The van der Waals surface area contributed by atoms with Gasteiger partial charge in [0.25, 0.3) is 5.56 Å². The zero-order valence-electron chi connectivity index (χ0n) is 14.7.